The molecule has 0 unspecified atom stereocenters. The van der Waals surface area contributed by atoms with Crippen molar-refractivity contribution in [2.45, 2.75) is 32.7 Å². The maximum Gasteiger partial charge on any atom is 0.252 e. The van der Waals surface area contributed by atoms with Crippen LogP contribution in [0.15, 0.2) is 77.2 Å². The lowest BCUT2D eigenvalue weighted by molar-refractivity contribution is 0.0940. The van der Waals surface area contributed by atoms with Gasteiger partial charge >= 0.3 is 0 Å². The van der Waals surface area contributed by atoms with Gasteiger partial charge in [-0.05, 0) is 56.5 Å². The Morgan fingerprint density at radius 2 is 1.79 bits per heavy atom. The van der Waals surface area contributed by atoms with E-state index in [1.165, 1.54) is 5.56 Å². The molecular weight excluding hydrogens is 360 g/mol. The molecule has 0 radical (unpaired) electrons. The number of benzene rings is 2. The minimum atomic E-state index is -0.0892. The molecule has 1 atom stereocenters. The number of aromatic nitrogens is 1. The predicted octanol–water partition coefficient (Wildman–Crippen LogP) is 5.55. The lowest BCUT2D eigenvalue weighted by Crippen LogP contribution is -2.33. The number of para-hydroxylation sites is 1. The quantitative estimate of drug-likeness (QED) is 0.474. The molecule has 0 saturated heterocycles. The molecule has 146 valence electrons. The first-order valence-corrected chi connectivity index (χ1v) is 9.91. The van der Waals surface area contributed by atoms with Crippen LogP contribution in [-0.4, -0.2) is 16.9 Å². The Morgan fingerprint density at radius 3 is 2.55 bits per heavy atom. The molecule has 4 heteroatoms. The van der Waals surface area contributed by atoms with Crippen molar-refractivity contribution in [3.05, 3.63) is 89.7 Å². The molecule has 1 amide bonds. The summed E-state index contributed by atoms with van der Waals surface area (Å²) >= 11 is 0. The van der Waals surface area contributed by atoms with Gasteiger partial charge in [0.2, 0.25) is 0 Å². The van der Waals surface area contributed by atoms with Gasteiger partial charge in [-0.2, -0.15) is 0 Å². The number of nitrogens with one attached hydrogen (secondary N) is 1. The molecule has 0 aliphatic rings. The standard InChI is InChI=1S/C25H24N2O2/c1-17(12-14-19-8-4-3-5-9-19)26-25(28)21-16-23(24-15-13-18(2)29-24)27-22-11-7-6-10-20(21)22/h3-11,13,15-17H,12,14H2,1-2H3,(H,26,28)/t17-/m1/s1. The predicted molar refractivity (Wildman–Crippen MR) is 116 cm³/mol. The summed E-state index contributed by atoms with van der Waals surface area (Å²) in [6.07, 6.45) is 1.80. The summed E-state index contributed by atoms with van der Waals surface area (Å²) in [5, 5.41) is 3.99. The molecule has 29 heavy (non-hydrogen) atoms. The Morgan fingerprint density at radius 1 is 1.03 bits per heavy atom. The van der Waals surface area contributed by atoms with Gasteiger partial charge in [0.25, 0.3) is 5.91 Å². The maximum absolute atomic E-state index is 13.1. The molecular formula is C25H24N2O2. The van der Waals surface area contributed by atoms with Gasteiger partial charge in [0, 0.05) is 11.4 Å². The van der Waals surface area contributed by atoms with E-state index in [-0.39, 0.29) is 11.9 Å². The van der Waals surface area contributed by atoms with Crippen molar-refractivity contribution >= 4 is 16.8 Å². The van der Waals surface area contributed by atoms with E-state index in [1.54, 1.807) is 0 Å². The molecule has 0 saturated carbocycles. The normalized spacial score (nSPS) is 12.1. The Bertz CT molecular complexity index is 1130. The van der Waals surface area contributed by atoms with Gasteiger partial charge in [-0.3, -0.25) is 4.79 Å². The highest BCUT2D eigenvalue weighted by Crippen LogP contribution is 2.26. The van der Waals surface area contributed by atoms with Gasteiger partial charge in [0.1, 0.15) is 11.5 Å². The zero-order valence-electron chi connectivity index (χ0n) is 16.7. The second kappa shape index (κ2) is 8.31. The molecule has 0 aliphatic heterocycles. The summed E-state index contributed by atoms with van der Waals surface area (Å²) < 4.78 is 5.73. The lowest BCUT2D eigenvalue weighted by Gasteiger charge is -2.15. The third-order valence-corrected chi connectivity index (χ3v) is 5.04. The molecule has 0 fully saturated rings. The van der Waals surface area contributed by atoms with Gasteiger partial charge in [-0.1, -0.05) is 48.5 Å². The highest BCUT2D eigenvalue weighted by Gasteiger charge is 2.17. The number of amides is 1. The molecule has 4 aromatic rings. The monoisotopic (exact) mass is 384 g/mol. The van der Waals surface area contributed by atoms with Crippen LogP contribution in [0.3, 0.4) is 0 Å². The fraction of sp³-hybridized carbons (Fsp3) is 0.200. The van der Waals surface area contributed by atoms with Crippen molar-refractivity contribution in [3.8, 4) is 11.5 Å². The van der Waals surface area contributed by atoms with Crippen molar-refractivity contribution < 1.29 is 9.21 Å². The van der Waals surface area contributed by atoms with Crippen molar-refractivity contribution in [1.29, 1.82) is 0 Å². The van der Waals surface area contributed by atoms with Crippen LogP contribution in [-0.2, 0) is 6.42 Å². The SMILES string of the molecule is Cc1ccc(-c2cc(C(=O)N[C@H](C)CCc3ccccc3)c3ccccc3n2)o1. The van der Waals surface area contributed by atoms with Crippen LogP contribution in [0.5, 0.6) is 0 Å². The Kier molecular flexibility index (Phi) is 5.43. The Balaban J connectivity index is 1.57. The van der Waals surface area contributed by atoms with Crippen LogP contribution in [0.25, 0.3) is 22.4 Å². The van der Waals surface area contributed by atoms with Gasteiger partial charge in [0.15, 0.2) is 5.76 Å². The minimum absolute atomic E-state index is 0.0592. The number of furan rings is 1. The summed E-state index contributed by atoms with van der Waals surface area (Å²) in [5.41, 5.74) is 3.34. The van der Waals surface area contributed by atoms with Gasteiger partial charge < -0.3 is 9.73 Å². The number of nitrogens with zero attached hydrogens (tertiary/aromatic N) is 1. The average molecular weight is 384 g/mol. The summed E-state index contributed by atoms with van der Waals surface area (Å²) in [5.74, 6) is 1.39. The summed E-state index contributed by atoms with van der Waals surface area (Å²) in [7, 11) is 0. The van der Waals surface area contributed by atoms with E-state index in [1.807, 2.05) is 74.5 Å². The van der Waals surface area contributed by atoms with Crippen molar-refractivity contribution in [2.24, 2.45) is 0 Å². The minimum Gasteiger partial charge on any atom is -0.460 e. The van der Waals surface area contributed by atoms with Gasteiger partial charge in [-0.25, -0.2) is 4.98 Å². The van der Waals surface area contributed by atoms with E-state index in [0.29, 0.717) is 17.0 Å². The first kappa shape index (κ1) is 18.9. The molecule has 2 aromatic carbocycles. The van der Waals surface area contributed by atoms with Crippen molar-refractivity contribution in [2.75, 3.05) is 0 Å². The molecule has 1 N–H and O–H groups in total. The third-order valence-electron chi connectivity index (χ3n) is 5.04. The number of hydrogen-bond donors (Lipinski definition) is 1. The van der Waals surface area contributed by atoms with Crippen LogP contribution >= 0.6 is 0 Å². The smallest absolute Gasteiger partial charge is 0.252 e. The highest BCUT2D eigenvalue weighted by atomic mass is 16.3. The molecule has 0 aliphatic carbocycles. The number of rotatable bonds is 6. The van der Waals surface area contributed by atoms with E-state index in [0.717, 1.165) is 29.5 Å². The third kappa shape index (κ3) is 4.37. The Labute approximate surface area is 170 Å². The van der Waals surface area contributed by atoms with E-state index < -0.39 is 0 Å². The zero-order valence-corrected chi connectivity index (χ0v) is 16.7. The lowest BCUT2D eigenvalue weighted by atomic mass is 10.0. The number of hydrogen-bond acceptors (Lipinski definition) is 3. The van der Waals surface area contributed by atoms with Crippen LogP contribution in [0.4, 0.5) is 0 Å². The first-order valence-electron chi connectivity index (χ1n) is 9.91. The van der Waals surface area contributed by atoms with Gasteiger partial charge in [0.05, 0.1) is 11.1 Å². The van der Waals surface area contributed by atoms with Crippen LogP contribution < -0.4 is 5.32 Å². The van der Waals surface area contributed by atoms with E-state index in [4.69, 9.17) is 4.42 Å². The molecule has 2 aromatic heterocycles. The fourth-order valence-electron chi connectivity index (χ4n) is 3.46. The molecule has 0 spiro atoms. The maximum atomic E-state index is 13.1. The summed E-state index contributed by atoms with van der Waals surface area (Å²) in [6.45, 7) is 3.94. The number of aryl methyl sites for hydroxylation is 2. The average Bonchev–Trinajstić information content (AvgIpc) is 3.18. The molecule has 4 nitrogen and oxygen atoms in total. The number of fused-ring (bicyclic) bond motifs is 1. The first-order chi connectivity index (χ1) is 14.1. The molecule has 4 rings (SSSR count). The summed E-state index contributed by atoms with van der Waals surface area (Å²) in [6, 6.07) is 23.7. The van der Waals surface area contributed by atoms with Crippen LogP contribution in [0, 0.1) is 6.92 Å². The molecule has 0 bridgehead atoms. The van der Waals surface area contributed by atoms with E-state index >= 15 is 0 Å². The topological polar surface area (TPSA) is 55.1 Å². The summed E-state index contributed by atoms with van der Waals surface area (Å²) in [4.78, 5) is 17.8. The Hall–Kier alpha value is -3.40. The number of carbonyl (C=O) groups is 1. The van der Waals surface area contributed by atoms with Crippen molar-refractivity contribution in [1.82, 2.24) is 10.3 Å². The fourth-order valence-corrected chi connectivity index (χ4v) is 3.46. The number of carbonyl (C=O) groups excluding carboxylic acids is 1. The van der Waals surface area contributed by atoms with E-state index in [2.05, 4.69) is 22.4 Å². The zero-order chi connectivity index (χ0) is 20.2. The van der Waals surface area contributed by atoms with E-state index in [9.17, 15) is 4.79 Å². The molecule has 2 heterocycles. The largest absolute Gasteiger partial charge is 0.460 e. The highest BCUT2D eigenvalue weighted by molar-refractivity contribution is 6.07. The van der Waals surface area contributed by atoms with Gasteiger partial charge in [-0.15, -0.1) is 0 Å². The van der Waals surface area contributed by atoms with Crippen LogP contribution in [0.2, 0.25) is 0 Å². The second-order valence-corrected chi connectivity index (χ2v) is 7.38. The van der Waals surface area contributed by atoms with Crippen molar-refractivity contribution in [3.63, 3.8) is 0 Å². The second-order valence-electron chi connectivity index (χ2n) is 7.38. The van der Waals surface area contributed by atoms with Crippen LogP contribution in [0.1, 0.15) is 35.0 Å². The number of pyridine rings is 1.